The summed E-state index contributed by atoms with van der Waals surface area (Å²) in [6, 6.07) is 7.42. The van der Waals surface area contributed by atoms with Gasteiger partial charge in [0, 0.05) is 36.3 Å². The van der Waals surface area contributed by atoms with Gasteiger partial charge < -0.3 is 25.7 Å². The van der Waals surface area contributed by atoms with Crippen molar-refractivity contribution in [1.82, 2.24) is 20.4 Å². The lowest BCUT2D eigenvalue weighted by atomic mass is 9.43. The number of carbonyl (C=O) groups excluding carboxylic acids is 2. The van der Waals surface area contributed by atoms with Crippen LogP contribution in [0.2, 0.25) is 0 Å². The first-order valence-corrected chi connectivity index (χ1v) is 13.8. The molecule has 1 aromatic carbocycles. The summed E-state index contributed by atoms with van der Waals surface area (Å²) >= 11 is 0. The summed E-state index contributed by atoms with van der Waals surface area (Å²) in [6.07, 6.45) is 9.55. The van der Waals surface area contributed by atoms with E-state index in [0.717, 1.165) is 44.7 Å². The molecule has 4 aliphatic carbocycles. The lowest BCUT2D eigenvalue weighted by Crippen LogP contribution is -2.71. The molecule has 0 spiro atoms. The van der Waals surface area contributed by atoms with Crippen molar-refractivity contribution >= 4 is 11.8 Å². The second-order valence-corrected chi connectivity index (χ2v) is 12.4. The minimum atomic E-state index is -1.16. The Morgan fingerprint density at radius 2 is 2.03 bits per heavy atom. The molecule has 3 heterocycles. The van der Waals surface area contributed by atoms with Gasteiger partial charge in [-0.05, 0) is 92.0 Å². The largest absolute Gasteiger partial charge is 0.508 e. The maximum Gasteiger partial charge on any atom is 0.261 e. The van der Waals surface area contributed by atoms with Crippen molar-refractivity contribution in [2.24, 2.45) is 17.3 Å². The van der Waals surface area contributed by atoms with Gasteiger partial charge >= 0.3 is 0 Å². The smallest absolute Gasteiger partial charge is 0.261 e. The number of phenolic OH excluding ortho intramolecular Hbond substituents is 1. The van der Waals surface area contributed by atoms with E-state index in [9.17, 15) is 19.8 Å². The highest BCUT2D eigenvalue weighted by atomic mass is 16.3. The van der Waals surface area contributed by atoms with Crippen LogP contribution in [-0.2, 0) is 21.4 Å². The fraction of sp³-hybridized carbons (Fsp3) is 0.643. The standard InChI is InChI=1S/C28H34N4O4/c33-18-5-4-15-10-22-27-7-6-21-23(28(27,20(15)11-18)8-9-31(22)17-2-1-3-17)16(12-27)14-32(21)25(35)19-13-29-26(36)30-24(19)34/h4-5,11,13,16-17,21-23,26,29,33,36H,1-3,6-10,12,14H2,(H,30,34)/t16-,21?,22?,23?,26?,27?,28?/m1/s1. The van der Waals surface area contributed by atoms with Gasteiger partial charge in [-0.1, -0.05) is 12.5 Å². The highest BCUT2D eigenvalue weighted by molar-refractivity contribution is 6.18. The third-order valence-electron chi connectivity index (χ3n) is 11.4. The third-order valence-corrected chi connectivity index (χ3v) is 11.4. The first-order valence-electron chi connectivity index (χ1n) is 13.8. The number of aromatic hydroxyl groups is 1. The molecule has 8 nitrogen and oxygen atoms in total. The molecule has 2 saturated heterocycles. The number of carbonyl (C=O) groups is 2. The van der Waals surface area contributed by atoms with Gasteiger partial charge in [0.25, 0.3) is 11.8 Å². The number of piperidine rings is 1. The summed E-state index contributed by atoms with van der Waals surface area (Å²) in [7, 11) is 0. The molecule has 5 fully saturated rings. The first-order chi connectivity index (χ1) is 17.4. The molecule has 7 aliphatic rings. The van der Waals surface area contributed by atoms with Crippen LogP contribution in [0, 0.1) is 17.3 Å². The summed E-state index contributed by atoms with van der Waals surface area (Å²) < 4.78 is 0. The van der Waals surface area contributed by atoms with Crippen LogP contribution in [0.5, 0.6) is 5.75 Å². The van der Waals surface area contributed by atoms with Crippen LogP contribution < -0.4 is 10.6 Å². The van der Waals surface area contributed by atoms with E-state index in [4.69, 9.17) is 0 Å². The molecule has 7 atom stereocenters. The zero-order chi connectivity index (χ0) is 24.4. The summed E-state index contributed by atoms with van der Waals surface area (Å²) in [5.74, 6) is 0.355. The molecule has 0 aromatic heterocycles. The molecule has 8 heteroatoms. The summed E-state index contributed by atoms with van der Waals surface area (Å²) in [6.45, 7) is 1.79. The molecule has 4 bridgehead atoms. The molecular formula is C28H34N4O4. The zero-order valence-corrected chi connectivity index (χ0v) is 20.4. The molecular weight excluding hydrogens is 456 g/mol. The van der Waals surface area contributed by atoms with E-state index in [1.165, 1.54) is 36.6 Å². The topological polar surface area (TPSA) is 105 Å². The number of nitrogens with zero attached hydrogens (tertiary/aromatic N) is 2. The second-order valence-electron chi connectivity index (χ2n) is 12.4. The zero-order valence-electron chi connectivity index (χ0n) is 20.4. The Hall–Kier alpha value is -2.58. The normalized spacial score (nSPS) is 42.6. The maximum atomic E-state index is 13.7. The van der Waals surface area contributed by atoms with E-state index in [0.29, 0.717) is 30.2 Å². The Labute approximate surface area is 210 Å². The number of aliphatic hydroxyl groups excluding tert-OH is 1. The molecule has 1 aromatic rings. The molecule has 0 radical (unpaired) electrons. The van der Waals surface area contributed by atoms with Gasteiger partial charge in [0.05, 0.1) is 0 Å². The van der Waals surface area contributed by atoms with Crippen molar-refractivity contribution in [3.63, 3.8) is 0 Å². The number of rotatable bonds is 2. The van der Waals surface area contributed by atoms with Gasteiger partial charge in [0.2, 0.25) is 6.35 Å². The van der Waals surface area contributed by atoms with Crippen molar-refractivity contribution in [2.75, 3.05) is 13.1 Å². The van der Waals surface area contributed by atoms with Crippen LogP contribution in [-0.4, -0.2) is 69.4 Å². The number of benzene rings is 1. The number of aliphatic hydroxyl groups is 1. The number of fused-ring (bicyclic) bond motifs is 1. The summed E-state index contributed by atoms with van der Waals surface area (Å²) in [4.78, 5) is 31.1. The Balaban J connectivity index is 1.23. The van der Waals surface area contributed by atoms with E-state index in [2.05, 4.69) is 27.7 Å². The fourth-order valence-corrected chi connectivity index (χ4v) is 10.2. The van der Waals surface area contributed by atoms with Crippen molar-refractivity contribution in [3.8, 4) is 5.75 Å². The minimum Gasteiger partial charge on any atom is -0.508 e. The Morgan fingerprint density at radius 3 is 2.81 bits per heavy atom. The van der Waals surface area contributed by atoms with Gasteiger partial charge in [-0.2, -0.15) is 0 Å². The lowest BCUT2D eigenvalue weighted by molar-refractivity contribution is -0.142. The molecule has 3 aliphatic heterocycles. The number of hydrogen-bond donors (Lipinski definition) is 4. The van der Waals surface area contributed by atoms with Crippen LogP contribution in [0.1, 0.15) is 56.1 Å². The van der Waals surface area contributed by atoms with E-state index < -0.39 is 12.3 Å². The number of hydrogen-bond acceptors (Lipinski definition) is 6. The van der Waals surface area contributed by atoms with E-state index in [1.807, 2.05) is 11.0 Å². The molecule has 8 rings (SSSR count). The lowest BCUT2D eigenvalue weighted by Gasteiger charge is -2.68. The van der Waals surface area contributed by atoms with E-state index in [-0.39, 0.29) is 28.4 Å². The Morgan fingerprint density at radius 1 is 1.17 bits per heavy atom. The summed E-state index contributed by atoms with van der Waals surface area (Å²) in [5, 5.41) is 25.3. The predicted octanol–water partition coefficient (Wildman–Crippen LogP) is 1.32. The van der Waals surface area contributed by atoms with Gasteiger partial charge in [-0.15, -0.1) is 0 Å². The summed E-state index contributed by atoms with van der Waals surface area (Å²) in [5.41, 5.74) is 2.99. The average molecular weight is 491 g/mol. The average Bonchev–Trinajstić information content (AvgIpc) is 3.26. The molecule has 36 heavy (non-hydrogen) atoms. The van der Waals surface area contributed by atoms with Crippen molar-refractivity contribution in [3.05, 3.63) is 41.1 Å². The van der Waals surface area contributed by atoms with Crippen molar-refractivity contribution in [2.45, 2.75) is 81.3 Å². The van der Waals surface area contributed by atoms with Crippen LogP contribution in [0.15, 0.2) is 30.0 Å². The Kier molecular flexibility index (Phi) is 4.21. The Bertz CT molecular complexity index is 1210. The molecule has 4 N–H and O–H groups in total. The van der Waals surface area contributed by atoms with Crippen LogP contribution in [0.4, 0.5) is 0 Å². The number of amides is 2. The highest BCUT2D eigenvalue weighted by Gasteiger charge is 2.76. The molecule has 3 saturated carbocycles. The first kappa shape index (κ1) is 21.5. The number of phenols is 1. The minimum absolute atomic E-state index is 0.0233. The van der Waals surface area contributed by atoms with Crippen LogP contribution in [0.3, 0.4) is 0 Å². The monoisotopic (exact) mass is 490 g/mol. The number of likely N-dealkylation sites (tertiary alicyclic amines) is 2. The SMILES string of the molecule is O=C1NC(O)NC=C1C(=O)N1C[C@H]2CC34CCC1C2C31CCN(C2CCC2)C4Cc2ccc(O)cc21. The van der Waals surface area contributed by atoms with Crippen LogP contribution in [0.25, 0.3) is 0 Å². The van der Waals surface area contributed by atoms with Crippen LogP contribution >= 0.6 is 0 Å². The molecule has 2 amide bonds. The number of nitrogens with one attached hydrogen (secondary N) is 2. The quantitative estimate of drug-likeness (QED) is 0.466. The van der Waals surface area contributed by atoms with Gasteiger partial charge in [-0.25, -0.2) is 0 Å². The van der Waals surface area contributed by atoms with Gasteiger partial charge in [0.15, 0.2) is 0 Å². The van der Waals surface area contributed by atoms with E-state index in [1.54, 1.807) is 0 Å². The molecule has 6 unspecified atom stereocenters. The van der Waals surface area contributed by atoms with Gasteiger partial charge in [-0.3, -0.25) is 14.5 Å². The predicted molar refractivity (Wildman–Crippen MR) is 130 cm³/mol. The maximum absolute atomic E-state index is 13.7. The highest BCUT2D eigenvalue weighted by Crippen LogP contribution is 2.75. The fourth-order valence-electron chi connectivity index (χ4n) is 10.2. The molecule has 190 valence electrons. The van der Waals surface area contributed by atoms with Crippen molar-refractivity contribution < 1.29 is 19.8 Å². The van der Waals surface area contributed by atoms with Gasteiger partial charge in [0.1, 0.15) is 11.3 Å². The van der Waals surface area contributed by atoms with Crippen molar-refractivity contribution in [1.29, 1.82) is 0 Å². The second kappa shape index (κ2) is 7.04. The van der Waals surface area contributed by atoms with E-state index >= 15 is 0 Å². The third kappa shape index (κ3) is 2.43.